The Balaban J connectivity index is 2.29. The van der Waals surface area contributed by atoms with Crippen molar-refractivity contribution < 1.29 is 23.7 Å². The summed E-state index contributed by atoms with van der Waals surface area (Å²) in [6, 6.07) is 4.03. The molecular formula is C19H28O5. The molecule has 0 saturated carbocycles. The number of benzene rings is 1. The van der Waals surface area contributed by atoms with Gasteiger partial charge < -0.3 is 23.7 Å². The molecule has 0 aliphatic carbocycles. The molecule has 1 aromatic rings. The summed E-state index contributed by atoms with van der Waals surface area (Å²) >= 11 is 0. The van der Waals surface area contributed by atoms with Crippen LogP contribution in [-0.4, -0.2) is 39.5 Å². The minimum Gasteiger partial charge on any atom is -0.487 e. The molecule has 5 nitrogen and oxygen atoms in total. The van der Waals surface area contributed by atoms with Gasteiger partial charge in [-0.05, 0) is 44.9 Å². The molecule has 134 valence electrons. The van der Waals surface area contributed by atoms with E-state index in [2.05, 4.69) is 6.58 Å². The normalized spacial score (nSPS) is 20.2. The van der Waals surface area contributed by atoms with Gasteiger partial charge in [-0.1, -0.05) is 6.08 Å². The summed E-state index contributed by atoms with van der Waals surface area (Å²) in [6.07, 6.45) is 2.66. The van der Waals surface area contributed by atoms with Crippen molar-refractivity contribution in [3.63, 3.8) is 0 Å². The molecule has 1 aliphatic heterocycles. The van der Waals surface area contributed by atoms with Crippen LogP contribution in [0.2, 0.25) is 0 Å². The van der Waals surface area contributed by atoms with Gasteiger partial charge in [0.05, 0.1) is 0 Å². The zero-order chi connectivity index (χ0) is 17.7. The fourth-order valence-electron chi connectivity index (χ4n) is 2.86. The van der Waals surface area contributed by atoms with Gasteiger partial charge in [0.1, 0.15) is 30.0 Å². The first kappa shape index (κ1) is 18.8. The maximum Gasteiger partial charge on any atom is 0.188 e. The second kappa shape index (κ2) is 8.01. The molecule has 0 bridgehead atoms. The van der Waals surface area contributed by atoms with E-state index in [1.54, 1.807) is 14.2 Å². The third kappa shape index (κ3) is 4.09. The van der Waals surface area contributed by atoms with Gasteiger partial charge >= 0.3 is 0 Å². The summed E-state index contributed by atoms with van der Waals surface area (Å²) in [6.45, 7) is 10.5. The predicted molar refractivity (Wildman–Crippen MR) is 92.7 cm³/mol. The second-order valence-corrected chi connectivity index (χ2v) is 6.55. The number of fused-ring (bicyclic) bond motifs is 1. The molecular weight excluding hydrogens is 308 g/mol. The highest BCUT2D eigenvalue weighted by Crippen LogP contribution is 2.43. The Morgan fingerprint density at radius 1 is 1.25 bits per heavy atom. The van der Waals surface area contributed by atoms with Crippen LogP contribution in [0, 0.1) is 6.92 Å². The first-order chi connectivity index (χ1) is 11.4. The van der Waals surface area contributed by atoms with Gasteiger partial charge in [-0.15, -0.1) is 6.58 Å². The Morgan fingerprint density at radius 3 is 2.58 bits per heavy atom. The smallest absolute Gasteiger partial charge is 0.188 e. The molecule has 24 heavy (non-hydrogen) atoms. The van der Waals surface area contributed by atoms with Crippen LogP contribution in [0.15, 0.2) is 24.8 Å². The number of hydrogen-bond donors (Lipinski definition) is 0. The first-order valence-electron chi connectivity index (χ1n) is 8.11. The van der Waals surface area contributed by atoms with E-state index in [9.17, 15) is 0 Å². The number of methoxy groups -OCH3 is 2. The van der Waals surface area contributed by atoms with Crippen LogP contribution in [0.4, 0.5) is 0 Å². The molecule has 1 aliphatic rings. The summed E-state index contributed by atoms with van der Waals surface area (Å²) < 4.78 is 27.7. The van der Waals surface area contributed by atoms with Gasteiger partial charge in [-0.2, -0.15) is 0 Å². The van der Waals surface area contributed by atoms with Crippen molar-refractivity contribution in [1.82, 2.24) is 0 Å². The lowest BCUT2D eigenvalue weighted by Crippen LogP contribution is -2.46. The van der Waals surface area contributed by atoms with Crippen LogP contribution in [0.1, 0.15) is 37.3 Å². The summed E-state index contributed by atoms with van der Waals surface area (Å²) in [5.41, 5.74) is 1.62. The predicted octanol–water partition coefficient (Wildman–Crippen LogP) is 3.80. The van der Waals surface area contributed by atoms with Crippen LogP contribution >= 0.6 is 0 Å². The number of aryl methyl sites for hydroxylation is 1. The van der Waals surface area contributed by atoms with Crippen molar-refractivity contribution in [2.24, 2.45) is 0 Å². The van der Waals surface area contributed by atoms with Crippen molar-refractivity contribution >= 4 is 0 Å². The Hall–Kier alpha value is -1.56. The van der Waals surface area contributed by atoms with Gasteiger partial charge in [0, 0.05) is 25.7 Å². The Morgan fingerprint density at radius 2 is 1.96 bits per heavy atom. The molecule has 0 N–H and O–H groups in total. The Labute approximate surface area is 144 Å². The third-order valence-electron chi connectivity index (χ3n) is 4.39. The van der Waals surface area contributed by atoms with Crippen LogP contribution in [0.25, 0.3) is 0 Å². The summed E-state index contributed by atoms with van der Waals surface area (Å²) in [5, 5.41) is 0. The zero-order valence-electron chi connectivity index (χ0n) is 15.3. The molecule has 2 atom stereocenters. The second-order valence-electron chi connectivity index (χ2n) is 6.55. The standard InChI is InChI=1S/C19H28O5/c1-7-14-9-18(19(3,4)23-12-21-6)24-17-8-13(2)16(10-15(14)17)22-11-20-5/h7-8,10,14,18H,1,9,11-12H2,2-6H3/t14-,18+/m1/s1. The Kier molecular flexibility index (Phi) is 6.27. The first-order valence-corrected chi connectivity index (χ1v) is 8.11. The number of allylic oxidation sites excluding steroid dienone is 1. The fraction of sp³-hybridized carbons (Fsp3) is 0.579. The quantitative estimate of drug-likeness (QED) is 0.534. The SMILES string of the molecule is C=C[C@@H]1C[C@@H](C(C)(C)OCOC)Oc2cc(C)c(OCOC)cc21. The Bertz CT molecular complexity index is 567. The van der Waals surface area contributed by atoms with E-state index >= 15 is 0 Å². The molecule has 5 heteroatoms. The van der Waals surface area contributed by atoms with E-state index in [0.29, 0.717) is 0 Å². The molecule has 1 heterocycles. The van der Waals surface area contributed by atoms with Gasteiger partial charge in [0.15, 0.2) is 6.79 Å². The van der Waals surface area contributed by atoms with Crippen molar-refractivity contribution in [3.05, 3.63) is 35.9 Å². The van der Waals surface area contributed by atoms with Gasteiger partial charge in [-0.3, -0.25) is 0 Å². The maximum atomic E-state index is 6.25. The van der Waals surface area contributed by atoms with Crippen molar-refractivity contribution in [1.29, 1.82) is 0 Å². The highest BCUT2D eigenvalue weighted by molar-refractivity contribution is 5.50. The van der Waals surface area contributed by atoms with Crippen molar-refractivity contribution in [3.8, 4) is 11.5 Å². The average Bonchev–Trinajstić information content (AvgIpc) is 2.57. The summed E-state index contributed by atoms with van der Waals surface area (Å²) in [4.78, 5) is 0. The lowest BCUT2D eigenvalue weighted by molar-refractivity contribution is -0.157. The highest BCUT2D eigenvalue weighted by atomic mass is 16.7. The fourth-order valence-corrected chi connectivity index (χ4v) is 2.86. The van der Waals surface area contributed by atoms with E-state index in [1.165, 1.54) is 0 Å². The van der Waals surface area contributed by atoms with Crippen LogP contribution < -0.4 is 9.47 Å². The molecule has 0 aromatic heterocycles. The van der Waals surface area contributed by atoms with Crippen LogP contribution in [-0.2, 0) is 14.2 Å². The number of ether oxygens (including phenoxy) is 5. The van der Waals surface area contributed by atoms with Gasteiger partial charge in [0.25, 0.3) is 0 Å². The van der Waals surface area contributed by atoms with E-state index in [-0.39, 0.29) is 25.6 Å². The highest BCUT2D eigenvalue weighted by Gasteiger charge is 2.38. The molecule has 2 rings (SSSR count). The molecule has 1 aromatic carbocycles. The topological polar surface area (TPSA) is 46.2 Å². The van der Waals surface area contributed by atoms with E-state index in [0.717, 1.165) is 29.0 Å². The molecule has 0 saturated heterocycles. The van der Waals surface area contributed by atoms with Crippen LogP contribution in [0.3, 0.4) is 0 Å². The number of rotatable bonds is 8. The maximum absolute atomic E-state index is 6.25. The average molecular weight is 336 g/mol. The van der Waals surface area contributed by atoms with Gasteiger partial charge in [-0.25, -0.2) is 0 Å². The minimum absolute atomic E-state index is 0.0895. The van der Waals surface area contributed by atoms with Crippen molar-refractivity contribution in [2.45, 2.75) is 44.8 Å². The van der Waals surface area contributed by atoms with E-state index in [1.807, 2.05) is 39.0 Å². The molecule has 0 radical (unpaired) electrons. The monoisotopic (exact) mass is 336 g/mol. The summed E-state index contributed by atoms with van der Waals surface area (Å²) in [7, 11) is 3.22. The third-order valence-corrected chi connectivity index (χ3v) is 4.39. The van der Waals surface area contributed by atoms with E-state index < -0.39 is 5.60 Å². The molecule has 0 spiro atoms. The van der Waals surface area contributed by atoms with Crippen molar-refractivity contribution in [2.75, 3.05) is 27.8 Å². The molecule has 0 fully saturated rings. The lowest BCUT2D eigenvalue weighted by atomic mass is 9.84. The largest absolute Gasteiger partial charge is 0.487 e. The molecule has 0 amide bonds. The molecule has 0 unspecified atom stereocenters. The minimum atomic E-state index is -0.464. The summed E-state index contributed by atoms with van der Waals surface area (Å²) in [5.74, 6) is 1.83. The van der Waals surface area contributed by atoms with Crippen LogP contribution in [0.5, 0.6) is 11.5 Å². The lowest BCUT2D eigenvalue weighted by Gasteiger charge is -2.40. The van der Waals surface area contributed by atoms with E-state index in [4.69, 9.17) is 23.7 Å². The van der Waals surface area contributed by atoms with Gasteiger partial charge in [0.2, 0.25) is 0 Å². The zero-order valence-corrected chi connectivity index (χ0v) is 15.3. The number of hydrogen-bond acceptors (Lipinski definition) is 5.